The summed E-state index contributed by atoms with van der Waals surface area (Å²) in [5.41, 5.74) is 1.80. The van der Waals surface area contributed by atoms with Crippen LogP contribution >= 0.6 is 0 Å². The van der Waals surface area contributed by atoms with Crippen molar-refractivity contribution in [1.82, 2.24) is 4.81 Å². The van der Waals surface area contributed by atoms with Gasteiger partial charge in [0.1, 0.15) is 7.05 Å². The van der Waals surface area contributed by atoms with Gasteiger partial charge in [0.05, 0.1) is 0 Å². The molecule has 0 amide bonds. The molecule has 5 aliphatic heterocycles. The van der Waals surface area contributed by atoms with Crippen molar-refractivity contribution in [3.05, 3.63) is 12.4 Å². The van der Waals surface area contributed by atoms with E-state index < -0.39 is 0 Å². The number of hydrogen-bond acceptors (Lipinski definition) is 1. The van der Waals surface area contributed by atoms with Gasteiger partial charge in [-0.2, -0.15) is 21.0 Å². The Morgan fingerprint density at radius 3 is 1.83 bits per heavy atom. The molecule has 0 N–H and O–H groups in total. The monoisotopic (exact) mass is 324 g/mol. The van der Waals surface area contributed by atoms with Gasteiger partial charge >= 0.3 is 6.85 Å². The summed E-state index contributed by atoms with van der Waals surface area (Å²) in [6.07, 6.45) is 23.0. The first-order valence-corrected chi connectivity index (χ1v) is 11.1. The predicted octanol–water partition coefficient (Wildman–Crippen LogP) is 4.63. The molecule has 4 saturated heterocycles. The number of fused-ring (bicyclic) bond motifs is 4. The van der Waals surface area contributed by atoms with E-state index in [9.17, 15) is 0 Å². The maximum absolute atomic E-state index is 2.87. The zero-order valence-corrected chi connectivity index (χ0v) is 15.6. The van der Waals surface area contributed by atoms with Crippen molar-refractivity contribution in [2.45, 2.75) is 100 Å². The number of nitrogens with zero attached hydrogens (tertiary/aromatic N) is 2. The van der Waals surface area contributed by atoms with Crippen LogP contribution in [0, 0.1) is 0 Å². The fourth-order valence-electron chi connectivity index (χ4n) is 7.94. The molecule has 0 unspecified atom stereocenters. The van der Waals surface area contributed by atoms with Crippen molar-refractivity contribution in [2.75, 3.05) is 7.05 Å². The second-order valence-corrected chi connectivity index (χ2v) is 9.84. The van der Waals surface area contributed by atoms with Gasteiger partial charge in [-0.15, -0.1) is 0 Å². The lowest BCUT2D eigenvalue weighted by Crippen LogP contribution is -2.60. The van der Waals surface area contributed by atoms with Crippen LogP contribution in [0.5, 0.6) is 0 Å². The molecule has 0 aromatic carbocycles. The Bertz CT molecular complexity index is 514. The van der Waals surface area contributed by atoms with Gasteiger partial charge in [0.25, 0.3) is 0 Å². The molecule has 4 heteroatoms. The van der Waals surface area contributed by atoms with Crippen LogP contribution in [0.1, 0.15) is 77.0 Å². The zero-order valence-electron chi connectivity index (χ0n) is 15.6. The Kier molecular flexibility index (Phi) is 4.16. The third-order valence-corrected chi connectivity index (χ3v) is 8.80. The molecule has 4 fully saturated rings. The summed E-state index contributed by atoms with van der Waals surface area (Å²) >= 11 is 0. The van der Waals surface area contributed by atoms with Crippen LogP contribution in [0.15, 0.2) is 12.4 Å². The van der Waals surface area contributed by atoms with Crippen molar-refractivity contribution in [1.29, 1.82) is 0 Å². The summed E-state index contributed by atoms with van der Waals surface area (Å²) < 4.78 is 2.56. The fraction of sp³-hybridized carbons (Fsp3) is 0.850. The molecule has 0 atom stereocenters. The summed E-state index contributed by atoms with van der Waals surface area (Å²) in [5, 5.41) is 0. The van der Waals surface area contributed by atoms with Crippen LogP contribution in [0.25, 0.3) is 0 Å². The standard InChI is InChI=1S/C20H34B2N2/c1-23-14-15-24(22-18-10-4-11-19(22)13-5-12-18)20(23)21-16-6-2-7-17(21)9-3-8-16/h14-19,21H,2-13H2,1H3/q+1. The first-order valence-electron chi connectivity index (χ1n) is 11.1. The molecule has 1 radical (unpaired) electrons. The van der Waals surface area contributed by atoms with Gasteiger partial charge < -0.3 is 0 Å². The van der Waals surface area contributed by atoms with Crippen molar-refractivity contribution in [3.8, 4) is 0 Å². The summed E-state index contributed by atoms with van der Waals surface area (Å²) in [5.74, 6) is 4.07. The number of rotatable bonds is 2. The van der Waals surface area contributed by atoms with Crippen LogP contribution in [0.4, 0.5) is 0 Å². The Morgan fingerprint density at radius 2 is 1.29 bits per heavy atom. The highest BCUT2D eigenvalue weighted by atomic mass is 15.2. The second-order valence-electron chi connectivity index (χ2n) is 9.84. The minimum atomic E-state index is -0.151. The summed E-state index contributed by atoms with van der Waals surface area (Å²) in [7, 11) is 2.35. The minimum absolute atomic E-state index is 0.151. The smallest absolute Gasteiger partial charge is 0.190 e. The molecule has 5 aliphatic rings. The van der Waals surface area contributed by atoms with Gasteiger partial charge in [0.2, 0.25) is 6.20 Å². The average Bonchev–Trinajstić information content (AvgIpc) is 2.94. The molecule has 0 saturated carbocycles. The Morgan fingerprint density at radius 1 is 0.792 bits per heavy atom. The molecule has 4 bridgehead atoms. The summed E-state index contributed by atoms with van der Waals surface area (Å²) in [6, 6.07) is 0. The maximum Gasteiger partial charge on any atom is 0.472 e. The average molecular weight is 324 g/mol. The van der Waals surface area contributed by atoms with Crippen molar-refractivity contribution >= 4 is 19.3 Å². The largest absolute Gasteiger partial charge is 0.472 e. The van der Waals surface area contributed by atoms with Crippen LogP contribution < -0.4 is 4.81 Å². The van der Waals surface area contributed by atoms with Crippen LogP contribution in [0.2, 0.25) is 23.3 Å². The third-order valence-electron chi connectivity index (χ3n) is 8.80. The zero-order chi connectivity index (χ0) is 16.1. The Balaban J connectivity index is 1.47. The molecule has 24 heavy (non-hydrogen) atoms. The normalized spacial score (nSPS) is 42.7. The second kappa shape index (κ2) is 6.34. The van der Waals surface area contributed by atoms with E-state index in [1.807, 2.05) is 0 Å². The number of amidine groups is 1. The molecule has 2 nitrogen and oxygen atoms in total. The maximum atomic E-state index is 2.87. The highest BCUT2D eigenvalue weighted by Crippen LogP contribution is 2.50. The lowest BCUT2D eigenvalue weighted by Gasteiger charge is -2.46. The van der Waals surface area contributed by atoms with E-state index in [0.717, 1.165) is 30.1 Å². The van der Waals surface area contributed by atoms with E-state index in [2.05, 4.69) is 28.8 Å². The molecule has 0 aromatic rings. The van der Waals surface area contributed by atoms with E-state index >= 15 is 0 Å². The van der Waals surface area contributed by atoms with E-state index in [1.165, 1.54) is 77.0 Å². The minimum Gasteiger partial charge on any atom is -0.190 e. The van der Waals surface area contributed by atoms with E-state index in [-0.39, 0.29) is 6.71 Å². The van der Waals surface area contributed by atoms with Gasteiger partial charge in [-0.1, -0.05) is 77.0 Å². The van der Waals surface area contributed by atoms with Crippen LogP contribution in [-0.4, -0.2) is 30.9 Å². The summed E-state index contributed by atoms with van der Waals surface area (Å²) in [6.45, 7) is 0.695. The SMILES string of the molecule is C[N+]1=C([BH-]2C3CCCC2CCC3)[N+](B2C3CCCC2CCC3)C=C1. The van der Waals surface area contributed by atoms with Gasteiger partial charge in [-0.3, -0.25) is 0 Å². The Labute approximate surface area is 148 Å². The molecule has 129 valence electrons. The molecule has 5 heterocycles. The van der Waals surface area contributed by atoms with Crippen LogP contribution in [0.3, 0.4) is 0 Å². The van der Waals surface area contributed by atoms with E-state index in [0.29, 0.717) is 0 Å². The number of hydrogen-bond donors (Lipinski definition) is 0. The molecular weight excluding hydrogens is 290 g/mol. The quantitative estimate of drug-likeness (QED) is 0.517. The van der Waals surface area contributed by atoms with Gasteiger partial charge in [0.15, 0.2) is 18.6 Å². The first-order chi connectivity index (χ1) is 11.8. The highest BCUT2D eigenvalue weighted by molar-refractivity contribution is 6.95. The van der Waals surface area contributed by atoms with Gasteiger partial charge in [-0.25, -0.2) is 0 Å². The van der Waals surface area contributed by atoms with Crippen molar-refractivity contribution in [3.63, 3.8) is 0 Å². The molecular formula is C20H34B2N2+. The molecule has 0 aliphatic carbocycles. The third kappa shape index (κ3) is 2.47. The topological polar surface area (TPSA) is 8.91 Å². The summed E-state index contributed by atoms with van der Waals surface area (Å²) in [4.78, 5) is 2.87. The molecule has 0 aromatic heterocycles. The van der Waals surface area contributed by atoms with Gasteiger partial charge in [-0.05, 0) is 0 Å². The highest BCUT2D eigenvalue weighted by Gasteiger charge is 2.57. The fourth-order valence-corrected chi connectivity index (χ4v) is 7.94. The van der Waals surface area contributed by atoms with Crippen LogP contribution in [-0.2, 0) is 0 Å². The van der Waals surface area contributed by atoms with E-state index in [4.69, 9.17) is 0 Å². The first kappa shape index (κ1) is 15.7. The lowest BCUT2D eigenvalue weighted by molar-refractivity contribution is -0.417. The predicted molar refractivity (Wildman–Crippen MR) is 106 cm³/mol. The van der Waals surface area contributed by atoms with E-state index in [1.54, 1.807) is 5.73 Å². The van der Waals surface area contributed by atoms with Crippen molar-refractivity contribution < 1.29 is 4.58 Å². The lowest BCUT2D eigenvalue weighted by atomic mass is 9.24. The Hall–Kier alpha value is -0.500. The van der Waals surface area contributed by atoms with Gasteiger partial charge in [0, 0.05) is 11.6 Å². The molecule has 5 rings (SSSR count). The van der Waals surface area contributed by atoms with Crippen molar-refractivity contribution in [2.24, 2.45) is 0 Å². The molecule has 0 spiro atoms.